The number of amides is 3. The molecule has 0 saturated carbocycles. The molecule has 0 aliphatic carbocycles. The standard InChI is InChI=1S/C29H41N3O5/c1-6-7-8-9-12-18-32(25(34)20-30-28(36)37-29(3,4)5)26(22-15-13-16-23(33)19-22)27(35)31-24-17-11-10-14-21(24)2/h10-11,13-17,19,26,33H,6-9,12,18,20H2,1-5H3,(H,30,36)(H,31,35). The normalized spacial score (nSPS) is 11.9. The van der Waals surface area contributed by atoms with Crippen LogP contribution in [-0.2, 0) is 14.3 Å². The van der Waals surface area contributed by atoms with Crippen LogP contribution in [-0.4, -0.2) is 46.6 Å². The van der Waals surface area contributed by atoms with Crippen LogP contribution in [0.3, 0.4) is 0 Å². The van der Waals surface area contributed by atoms with Gasteiger partial charge in [-0.15, -0.1) is 0 Å². The number of phenols is 1. The molecule has 0 aliphatic heterocycles. The fourth-order valence-electron chi connectivity index (χ4n) is 3.93. The minimum absolute atomic E-state index is 0.00610. The van der Waals surface area contributed by atoms with Gasteiger partial charge in [0.1, 0.15) is 23.9 Å². The van der Waals surface area contributed by atoms with Gasteiger partial charge < -0.3 is 25.4 Å². The molecule has 8 heteroatoms. The van der Waals surface area contributed by atoms with Crippen molar-refractivity contribution in [3.63, 3.8) is 0 Å². The van der Waals surface area contributed by atoms with Crippen LogP contribution in [0.1, 0.15) is 77.0 Å². The number of phenolic OH excluding ortho intramolecular Hbond substituents is 1. The zero-order chi connectivity index (χ0) is 27.4. The van der Waals surface area contributed by atoms with Gasteiger partial charge in [0, 0.05) is 12.2 Å². The van der Waals surface area contributed by atoms with E-state index in [0.29, 0.717) is 24.2 Å². The van der Waals surface area contributed by atoms with Gasteiger partial charge in [0.25, 0.3) is 5.91 Å². The van der Waals surface area contributed by atoms with Gasteiger partial charge in [-0.2, -0.15) is 0 Å². The zero-order valence-corrected chi connectivity index (χ0v) is 22.7. The highest BCUT2D eigenvalue weighted by Crippen LogP contribution is 2.27. The van der Waals surface area contributed by atoms with Gasteiger partial charge >= 0.3 is 6.09 Å². The molecular formula is C29H41N3O5. The Bertz CT molecular complexity index is 1050. The number of rotatable bonds is 12. The Hall–Kier alpha value is -3.55. The van der Waals surface area contributed by atoms with Crippen LogP contribution in [0.15, 0.2) is 48.5 Å². The predicted octanol–water partition coefficient (Wildman–Crippen LogP) is 5.70. The molecule has 37 heavy (non-hydrogen) atoms. The summed E-state index contributed by atoms with van der Waals surface area (Å²) in [6.45, 7) is 9.24. The number of nitrogens with zero attached hydrogens (tertiary/aromatic N) is 1. The third-order valence-corrected chi connectivity index (χ3v) is 5.75. The van der Waals surface area contributed by atoms with Crippen molar-refractivity contribution in [1.29, 1.82) is 0 Å². The van der Waals surface area contributed by atoms with Crippen LogP contribution in [0.4, 0.5) is 10.5 Å². The maximum absolute atomic E-state index is 13.7. The van der Waals surface area contributed by atoms with E-state index in [1.54, 1.807) is 39.0 Å². The molecule has 3 amide bonds. The molecule has 1 atom stereocenters. The van der Waals surface area contributed by atoms with E-state index in [-0.39, 0.29) is 12.3 Å². The summed E-state index contributed by atoms with van der Waals surface area (Å²) in [4.78, 5) is 40.8. The first-order valence-electron chi connectivity index (χ1n) is 12.9. The quantitative estimate of drug-likeness (QED) is 0.317. The van der Waals surface area contributed by atoms with Crippen molar-refractivity contribution in [2.24, 2.45) is 0 Å². The van der Waals surface area contributed by atoms with Crippen molar-refractivity contribution in [3.05, 3.63) is 59.7 Å². The number of alkyl carbamates (subject to hydrolysis) is 1. The Labute approximate surface area is 220 Å². The topological polar surface area (TPSA) is 108 Å². The molecular weight excluding hydrogens is 470 g/mol. The van der Waals surface area contributed by atoms with Gasteiger partial charge in [-0.1, -0.05) is 62.9 Å². The average molecular weight is 512 g/mol. The summed E-state index contributed by atoms with van der Waals surface area (Å²) in [5.41, 5.74) is 1.29. The Kier molecular flexibility index (Phi) is 11.4. The second-order valence-corrected chi connectivity index (χ2v) is 10.2. The number of unbranched alkanes of at least 4 members (excludes halogenated alkanes) is 4. The molecule has 202 valence electrons. The number of anilines is 1. The van der Waals surface area contributed by atoms with Gasteiger partial charge in [0.05, 0.1) is 0 Å². The SMILES string of the molecule is CCCCCCCN(C(=O)CNC(=O)OC(C)(C)C)C(C(=O)Nc1ccccc1C)c1cccc(O)c1. The molecule has 0 aliphatic rings. The lowest BCUT2D eigenvalue weighted by Crippen LogP contribution is -2.47. The fraction of sp³-hybridized carbons (Fsp3) is 0.483. The first-order valence-corrected chi connectivity index (χ1v) is 12.9. The van der Waals surface area contributed by atoms with Crippen molar-refractivity contribution >= 4 is 23.6 Å². The maximum atomic E-state index is 13.7. The van der Waals surface area contributed by atoms with Gasteiger partial charge in [-0.3, -0.25) is 9.59 Å². The van der Waals surface area contributed by atoms with E-state index in [1.165, 1.54) is 17.0 Å². The third-order valence-electron chi connectivity index (χ3n) is 5.75. The summed E-state index contributed by atoms with van der Waals surface area (Å²) < 4.78 is 5.26. The van der Waals surface area contributed by atoms with E-state index in [4.69, 9.17) is 4.74 Å². The molecule has 0 radical (unpaired) electrons. The van der Waals surface area contributed by atoms with Crippen LogP contribution in [0.2, 0.25) is 0 Å². The summed E-state index contributed by atoms with van der Waals surface area (Å²) in [5.74, 6) is -0.831. The lowest BCUT2D eigenvalue weighted by atomic mass is 10.0. The second kappa shape index (κ2) is 14.3. The summed E-state index contributed by atoms with van der Waals surface area (Å²) >= 11 is 0. The molecule has 0 bridgehead atoms. The van der Waals surface area contributed by atoms with E-state index < -0.39 is 29.6 Å². The van der Waals surface area contributed by atoms with E-state index in [2.05, 4.69) is 17.6 Å². The van der Waals surface area contributed by atoms with E-state index in [0.717, 1.165) is 31.2 Å². The minimum Gasteiger partial charge on any atom is -0.508 e. The number of hydrogen-bond donors (Lipinski definition) is 3. The Balaban J connectivity index is 2.35. The molecule has 8 nitrogen and oxygen atoms in total. The number of carbonyl (C=O) groups is 3. The predicted molar refractivity (Wildman–Crippen MR) is 145 cm³/mol. The Morgan fingerprint density at radius 1 is 1.00 bits per heavy atom. The summed E-state index contributed by atoms with van der Waals surface area (Å²) in [6.07, 6.45) is 4.11. The number of carbonyl (C=O) groups excluding carboxylic acids is 3. The first kappa shape index (κ1) is 29.7. The highest BCUT2D eigenvalue weighted by molar-refractivity contribution is 5.98. The smallest absolute Gasteiger partial charge is 0.408 e. The van der Waals surface area contributed by atoms with E-state index >= 15 is 0 Å². The van der Waals surface area contributed by atoms with Crippen molar-refractivity contribution in [1.82, 2.24) is 10.2 Å². The van der Waals surface area contributed by atoms with Gasteiger partial charge in [0.15, 0.2) is 0 Å². The molecule has 0 spiro atoms. The number of nitrogens with one attached hydrogen (secondary N) is 2. The first-order chi connectivity index (χ1) is 17.5. The molecule has 0 aromatic heterocycles. The van der Waals surface area contributed by atoms with Gasteiger partial charge in [-0.05, 0) is 63.4 Å². The minimum atomic E-state index is -1.01. The van der Waals surface area contributed by atoms with Crippen LogP contribution >= 0.6 is 0 Å². The molecule has 0 saturated heterocycles. The zero-order valence-electron chi connectivity index (χ0n) is 22.7. The van der Waals surface area contributed by atoms with Crippen LogP contribution in [0.25, 0.3) is 0 Å². The highest BCUT2D eigenvalue weighted by Gasteiger charge is 2.32. The van der Waals surface area contributed by atoms with Crippen molar-refractivity contribution in [2.75, 3.05) is 18.4 Å². The summed E-state index contributed by atoms with van der Waals surface area (Å²) in [6, 6.07) is 12.7. The van der Waals surface area contributed by atoms with Crippen molar-refractivity contribution < 1.29 is 24.2 Å². The van der Waals surface area contributed by atoms with Crippen LogP contribution < -0.4 is 10.6 Å². The highest BCUT2D eigenvalue weighted by atomic mass is 16.6. The summed E-state index contributed by atoms with van der Waals surface area (Å²) in [5, 5.41) is 15.6. The molecule has 2 aromatic rings. The monoisotopic (exact) mass is 511 g/mol. The van der Waals surface area contributed by atoms with Crippen LogP contribution in [0, 0.1) is 6.92 Å². The maximum Gasteiger partial charge on any atom is 0.408 e. The number of aromatic hydroxyl groups is 1. The average Bonchev–Trinajstić information content (AvgIpc) is 2.82. The number of benzene rings is 2. The van der Waals surface area contributed by atoms with E-state index in [1.807, 2.05) is 25.1 Å². The largest absolute Gasteiger partial charge is 0.508 e. The second-order valence-electron chi connectivity index (χ2n) is 10.2. The molecule has 3 N–H and O–H groups in total. The van der Waals surface area contributed by atoms with Gasteiger partial charge in [0.2, 0.25) is 5.91 Å². The van der Waals surface area contributed by atoms with Crippen LogP contribution in [0.5, 0.6) is 5.75 Å². The lowest BCUT2D eigenvalue weighted by Gasteiger charge is -2.32. The third kappa shape index (κ3) is 10.1. The number of hydrogen-bond acceptors (Lipinski definition) is 5. The molecule has 2 rings (SSSR count). The lowest BCUT2D eigenvalue weighted by molar-refractivity contribution is -0.138. The number of aryl methyl sites for hydroxylation is 1. The van der Waals surface area contributed by atoms with E-state index in [9.17, 15) is 19.5 Å². The van der Waals surface area contributed by atoms with Gasteiger partial charge in [-0.25, -0.2) is 4.79 Å². The molecule has 1 unspecified atom stereocenters. The Morgan fingerprint density at radius 3 is 2.35 bits per heavy atom. The molecule has 0 fully saturated rings. The van der Waals surface area contributed by atoms with Crippen molar-refractivity contribution in [3.8, 4) is 5.75 Å². The Morgan fingerprint density at radius 2 is 1.70 bits per heavy atom. The summed E-state index contributed by atoms with van der Waals surface area (Å²) in [7, 11) is 0. The molecule has 0 heterocycles. The van der Waals surface area contributed by atoms with Crippen molar-refractivity contribution in [2.45, 2.75) is 78.4 Å². The number of para-hydroxylation sites is 1. The molecule has 2 aromatic carbocycles. The number of ether oxygens (including phenoxy) is 1. The fourth-order valence-corrected chi connectivity index (χ4v) is 3.93.